The Kier molecular flexibility index (Phi) is 4.20. The van der Waals surface area contributed by atoms with E-state index in [1.165, 1.54) is 6.33 Å². The fraction of sp³-hybridized carbons (Fsp3) is 0.667. The van der Waals surface area contributed by atoms with E-state index in [0.29, 0.717) is 24.0 Å². The fourth-order valence-corrected chi connectivity index (χ4v) is 3.05. The minimum absolute atomic E-state index is 0.233. The Labute approximate surface area is 106 Å². The Balaban J connectivity index is 2.26. The van der Waals surface area contributed by atoms with Crippen LogP contribution < -0.4 is 4.90 Å². The molecule has 1 aliphatic heterocycles. The molecule has 5 heteroatoms. The van der Waals surface area contributed by atoms with Crippen molar-refractivity contribution in [3.63, 3.8) is 0 Å². The van der Waals surface area contributed by atoms with Crippen LogP contribution in [-0.4, -0.2) is 34.6 Å². The molecular weight excluding hydrogens is 237 g/mol. The first-order chi connectivity index (χ1) is 8.27. The highest BCUT2D eigenvalue weighted by molar-refractivity contribution is 7.98. The third-order valence-electron chi connectivity index (χ3n) is 3.19. The zero-order valence-electron chi connectivity index (χ0n) is 10.3. The maximum atomic E-state index is 14.2. The molecular formula is C12H18FN3S. The largest absolute Gasteiger partial charge is 0.350 e. The fourth-order valence-electron chi connectivity index (χ4n) is 2.32. The zero-order chi connectivity index (χ0) is 12.3. The molecule has 94 valence electrons. The summed E-state index contributed by atoms with van der Waals surface area (Å²) in [6.45, 7) is 2.82. The molecule has 1 fully saturated rings. The van der Waals surface area contributed by atoms with Gasteiger partial charge in [-0.05, 0) is 25.5 Å². The van der Waals surface area contributed by atoms with Crippen LogP contribution in [0.4, 0.5) is 10.2 Å². The van der Waals surface area contributed by atoms with E-state index in [9.17, 15) is 4.39 Å². The smallest absolute Gasteiger partial charge is 0.187 e. The second kappa shape index (κ2) is 5.67. The number of aromatic nitrogens is 2. The predicted molar refractivity (Wildman–Crippen MR) is 70.1 cm³/mol. The van der Waals surface area contributed by atoms with Crippen molar-refractivity contribution in [2.45, 2.75) is 32.2 Å². The number of halogens is 1. The first-order valence-corrected chi connectivity index (χ1v) is 7.42. The van der Waals surface area contributed by atoms with Gasteiger partial charge in [0.2, 0.25) is 0 Å². The summed E-state index contributed by atoms with van der Waals surface area (Å²) < 4.78 is 14.2. The van der Waals surface area contributed by atoms with Gasteiger partial charge in [0, 0.05) is 18.3 Å². The summed E-state index contributed by atoms with van der Waals surface area (Å²) in [4.78, 5) is 10.2. The Hall–Kier alpha value is -0.840. The highest BCUT2D eigenvalue weighted by Crippen LogP contribution is 2.28. The Morgan fingerprint density at radius 1 is 1.53 bits per heavy atom. The zero-order valence-corrected chi connectivity index (χ0v) is 11.1. The van der Waals surface area contributed by atoms with Crippen molar-refractivity contribution in [1.82, 2.24) is 9.97 Å². The van der Waals surface area contributed by atoms with Crippen molar-refractivity contribution in [3.8, 4) is 0 Å². The molecule has 0 bridgehead atoms. The maximum Gasteiger partial charge on any atom is 0.187 e. The molecule has 0 radical (unpaired) electrons. The van der Waals surface area contributed by atoms with Crippen molar-refractivity contribution in [1.29, 1.82) is 0 Å². The highest BCUT2D eigenvalue weighted by atomic mass is 32.2. The molecule has 17 heavy (non-hydrogen) atoms. The monoisotopic (exact) mass is 255 g/mol. The van der Waals surface area contributed by atoms with Crippen LogP contribution in [0.3, 0.4) is 0 Å². The predicted octanol–water partition coefficient (Wildman–Crippen LogP) is 2.51. The molecule has 1 saturated heterocycles. The average molecular weight is 255 g/mol. The third-order valence-corrected chi connectivity index (χ3v) is 3.90. The van der Waals surface area contributed by atoms with Gasteiger partial charge >= 0.3 is 0 Å². The van der Waals surface area contributed by atoms with Gasteiger partial charge in [0.15, 0.2) is 11.6 Å². The van der Waals surface area contributed by atoms with Gasteiger partial charge in [0.1, 0.15) is 6.33 Å². The van der Waals surface area contributed by atoms with E-state index in [1.54, 1.807) is 11.8 Å². The Morgan fingerprint density at radius 2 is 2.35 bits per heavy atom. The van der Waals surface area contributed by atoms with Crippen molar-refractivity contribution in [2.24, 2.45) is 0 Å². The van der Waals surface area contributed by atoms with Gasteiger partial charge in [0.05, 0.1) is 5.69 Å². The van der Waals surface area contributed by atoms with E-state index in [4.69, 9.17) is 0 Å². The van der Waals surface area contributed by atoms with Gasteiger partial charge in [-0.15, -0.1) is 0 Å². The van der Waals surface area contributed by atoms with Crippen LogP contribution in [0.5, 0.6) is 0 Å². The number of anilines is 1. The van der Waals surface area contributed by atoms with Crippen molar-refractivity contribution >= 4 is 17.6 Å². The van der Waals surface area contributed by atoms with Crippen LogP contribution in [0.2, 0.25) is 0 Å². The molecule has 1 atom stereocenters. The van der Waals surface area contributed by atoms with Gasteiger partial charge in [-0.25, -0.2) is 14.4 Å². The summed E-state index contributed by atoms with van der Waals surface area (Å²) in [5, 5.41) is 0. The van der Waals surface area contributed by atoms with E-state index in [2.05, 4.69) is 21.1 Å². The normalized spacial score (nSPS) is 19.9. The molecule has 0 aliphatic carbocycles. The number of nitrogens with zero attached hydrogens (tertiary/aromatic N) is 3. The Bertz CT molecular complexity index is 386. The summed E-state index contributed by atoms with van der Waals surface area (Å²) in [6, 6.07) is 0.416. The molecule has 1 aromatic heterocycles. The van der Waals surface area contributed by atoms with Crippen molar-refractivity contribution < 1.29 is 4.39 Å². The lowest BCUT2D eigenvalue weighted by Crippen LogP contribution is -2.33. The number of thioether (sulfide) groups is 1. The minimum Gasteiger partial charge on any atom is -0.350 e. The SMILES string of the molecule is CCc1ncnc(N2CCCC2CSC)c1F. The summed E-state index contributed by atoms with van der Waals surface area (Å²) in [5.41, 5.74) is 0.518. The number of rotatable bonds is 4. The minimum atomic E-state index is -0.233. The average Bonchev–Trinajstić information content (AvgIpc) is 2.78. The van der Waals surface area contributed by atoms with Gasteiger partial charge < -0.3 is 4.90 Å². The van der Waals surface area contributed by atoms with E-state index < -0.39 is 0 Å². The molecule has 0 aromatic carbocycles. The molecule has 1 aromatic rings. The molecule has 2 rings (SSSR count). The molecule has 2 heterocycles. The van der Waals surface area contributed by atoms with Crippen LogP contribution in [0.1, 0.15) is 25.5 Å². The van der Waals surface area contributed by atoms with E-state index in [1.807, 2.05) is 6.92 Å². The lowest BCUT2D eigenvalue weighted by Gasteiger charge is -2.25. The van der Waals surface area contributed by atoms with E-state index >= 15 is 0 Å². The summed E-state index contributed by atoms with van der Waals surface area (Å²) >= 11 is 1.81. The molecule has 0 saturated carbocycles. The van der Waals surface area contributed by atoms with Crippen LogP contribution in [-0.2, 0) is 6.42 Å². The number of hydrogen-bond donors (Lipinski definition) is 0. The van der Waals surface area contributed by atoms with E-state index in [-0.39, 0.29) is 5.82 Å². The van der Waals surface area contributed by atoms with Crippen molar-refractivity contribution in [2.75, 3.05) is 23.5 Å². The summed E-state index contributed by atoms with van der Waals surface area (Å²) in [6.07, 6.45) is 6.43. The van der Waals surface area contributed by atoms with Gasteiger partial charge in [-0.1, -0.05) is 6.92 Å². The summed E-state index contributed by atoms with van der Waals surface area (Å²) in [7, 11) is 0. The standard InChI is InChI=1S/C12H18FN3S/c1-3-10-11(13)12(15-8-14-10)16-6-4-5-9(16)7-17-2/h8-9H,3-7H2,1-2H3. The maximum absolute atomic E-state index is 14.2. The second-order valence-corrected chi connectivity index (χ2v) is 5.17. The first-order valence-electron chi connectivity index (χ1n) is 6.02. The molecule has 0 amide bonds. The molecule has 0 spiro atoms. The van der Waals surface area contributed by atoms with Crippen molar-refractivity contribution in [3.05, 3.63) is 17.8 Å². The lowest BCUT2D eigenvalue weighted by molar-refractivity contribution is 0.581. The topological polar surface area (TPSA) is 29.0 Å². The second-order valence-electron chi connectivity index (χ2n) is 4.26. The Morgan fingerprint density at radius 3 is 3.06 bits per heavy atom. The number of aryl methyl sites for hydroxylation is 1. The van der Waals surface area contributed by atoms with Gasteiger partial charge in [-0.2, -0.15) is 11.8 Å². The summed E-state index contributed by atoms with van der Waals surface area (Å²) in [5.74, 6) is 1.29. The highest BCUT2D eigenvalue weighted by Gasteiger charge is 2.28. The van der Waals surface area contributed by atoms with Crippen LogP contribution >= 0.6 is 11.8 Å². The molecule has 0 N–H and O–H groups in total. The number of hydrogen-bond acceptors (Lipinski definition) is 4. The molecule has 3 nitrogen and oxygen atoms in total. The first kappa shape index (κ1) is 12.6. The van der Waals surface area contributed by atoms with Crippen LogP contribution in [0.15, 0.2) is 6.33 Å². The molecule has 1 unspecified atom stereocenters. The quantitative estimate of drug-likeness (QED) is 0.826. The molecule has 1 aliphatic rings. The van der Waals surface area contributed by atoms with Gasteiger partial charge in [0.25, 0.3) is 0 Å². The van der Waals surface area contributed by atoms with Gasteiger partial charge in [-0.3, -0.25) is 0 Å². The lowest BCUT2D eigenvalue weighted by atomic mass is 10.2. The van der Waals surface area contributed by atoms with Crippen LogP contribution in [0, 0.1) is 5.82 Å². The third kappa shape index (κ3) is 2.54. The van der Waals surface area contributed by atoms with Crippen LogP contribution in [0.25, 0.3) is 0 Å². The van der Waals surface area contributed by atoms with E-state index in [0.717, 1.165) is 25.1 Å².